The van der Waals surface area contributed by atoms with Crippen LogP contribution in [0.5, 0.6) is 0 Å². The number of carbonyl (C=O) groups excluding carboxylic acids is 1. The molecule has 0 aliphatic carbocycles. The number of ketones is 1. The molecule has 2 rings (SSSR count). The summed E-state index contributed by atoms with van der Waals surface area (Å²) >= 11 is 0. The van der Waals surface area contributed by atoms with E-state index in [1.165, 1.54) is 20.9 Å². The molecular weight excluding hydrogens is 357 g/mol. The smallest absolute Gasteiger partial charge is 0.876 e. The normalized spacial score (nSPS) is 20.8. The average molecular weight is 378 g/mol. The Morgan fingerprint density at radius 2 is 1.35 bits per heavy atom. The molecule has 2 aliphatic rings. The zero-order valence-corrected chi connectivity index (χ0v) is 16.4. The molecule has 2 heterocycles. The van der Waals surface area contributed by atoms with Crippen LogP contribution in [-0.4, -0.2) is 93.0 Å². The van der Waals surface area contributed by atoms with Crippen LogP contribution < -0.4 is 5.11 Å². The van der Waals surface area contributed by atoms with Crippen LogP contribution in [0.15, 0.2) is 11.8 Å². The molecule has 0 unspecified atom stereocenters. The maximum Gasteiger partial charge on any atom is 2.00 e. The molecule has 0 bridgehead atoms. The minimum absolute atomic E-state index is 0. The van der Waals surface area contributed by atoms with Gasteiger partial charge in [0.15, 0.2) is 0 Å². The fourth-order valence-corrected chi connectivity index (χ4v) is 3.61. The van der Waals surface area contributed by atoms with E-state index in [0.717, 1.165) is 6.26 Å². The number of Topliss-reactive ketones (excluding diaryl/α,β-unsaturated/α-hetero) is 1. The second-order valence-corrected chi connectivity index (χ2v) is 9.21. The maximum atomic E-state index is 10.9. The van der Waals surface area contributed by atoms with E-state index in [9.17, 15) is 26.7 Å². The van der Waals surface area contributed by atoms with E-state index in [4.69, 9.17) is 0 Å². The molecule has 0 aromatic heterocycles. The van der Waals surface area contributed by atoms with E-state index in [1.54, 1.807) is 0 Å². The van der Waals surface area contributed by atoms with Crippen LogP contribution in [0.3, 0.4) is 0 Å². The summed E-state index contributed by atoms with van der Waals surface area (Å²) in [6.07, 6.45) is 4.77. The van der Waals surface area contributed by atoms with Crippen molar-refractivity contribution < 1.29 is 26.7 Å². The molecule has 1 fully saturated rings. The van der Waals surface area contributed by atoms with Gasteiger partial charge in [-0.25, -0.2) is 21.1 Å². The summed E-state index contributed by atoms with van der Waals surface area (Å²) in [4.78, 5) is 10.7. The Labute approximate surface area is 153 Å². The topological polar surface area (TPSA) is 115 Å². The summed E-state index contributed by atoms with van der Waals surface area (Å²) in [7, 11) is -6.17. The first-order valence-corrected chi connectivity index (χ1v) is 10.5. The Kier molecular flexibility index (Phi) is 9.24. The van der Waals surface area contributed by atoms with E-state index in [-0.39, 0.29) is 41.1 Å². The monoisotopic (exact) mass is 377 g/mol. The molecular formula is C12H21MgN2O6S2+. The van der Waals surface area contributed by atoms with Gasteiger partial charge in [0.25, 0.3) is 0 Å². The molecule has 128 valence electrons. The van der Waals surface area contributed by atoms with Gasteiger partial charge in [-0.15, -0.1) is 5.76 Å². The van der Waals surface area contributed by atoms with Crippen molar-refractivity contribution in [2.45, 2.75) is 19.3 Å². The standard InChI is InChI=1S/2C6H11NO3S.Mg/c2*1-11(9,10)7-4-2-6(8)3-5-7;/h2-5H2,1H3;2,8H,3-5H2,1H3;/q;;+2/p-1. The number of piperidine rings is 1. The molecule has 0 radical (unpaired) electrons. The molecule has 2 aliphatic heterocycles. The molecule has 8 nitrogen and oxygen atoms in total. The molecule has 0 saturated carbocycles. The molecule has 0 N–H and O–H groups in total. The van der Waals surface area contributed by atoms with Crippen molar-refractivity contribution in [3.8, 4) is 0 Å². The number of hydrogen-bond acceptors (Lipinski definition) is 6. The summed E-state index contributed by atoms with van der Waals surface area (Å²) in [6.45, 7) is 1.28. The Bertz CT molecular complexity index is 634. The van der Waals surface area contributed by atoms with Crippen LogP contribution in [0.2, 0.25) is 0 Å². The van der Waals surface area contributed by atoms with Crippen LogP contribution >= 0.6 is 0 Å². The van der Waals surface area contributed by atoms with Gasteiger partial charge >= 0.3 is 23.1 Å². The van der Waals surface area contributed by atoms with E-state index in [0.29, 0.717) is 38.9 Å². The van der Waals surface area contributed by atoms with Gasteiger partial charge < -0.3 is 5.11 Å². The van der Waals surface area contributed by atoms with Gasteiger partial charge in [-0.05, 0) is 6.42 Å². The van der Waals surface area contributed by atoms with E-state index in [2.05, 4.69) is 0 Å². The molecule has 0 spiro atoms. The van der Waals surface area contributed by atoms with Crippen molar-refractivity contribution in [3.63, 3.8) is 0 Å². The first-order chi connectivity index (χ1) is 10.00. The second kappa shape index (κ2) is 9.32. The SMILES string of the molecule is CS(=O)(=O)N1CC=C([O-])CC1.CS(=O)(=O)N1CCC(=O)CC1.[Mg+2]. The van der Waals surface area contributed by atoms with Crippen molar-refractivity contribution in [2.75, 3.05) is 38.7 Å². The van der Waals surface area contributed by atoms with Gasteiger partial charge in [0, 0.05) is 39.0 Å². The van der Waals surface area contributed by atoms with Gasteiger partial charge in [-0.3, -0.25) is 4.79 Å². The van der Waals surface area contributed by atoms with Crippen molar-refractivity contribution in [1.29, 1.82) is 0 Å². The van der Waals surface area contributed by atoms with Gasteiger partial charge in [-0.1, -0.05) is 6.08 Å². The Morgan fingerprint density at radius 3 is 1.70 bits per heavy atom. The third-order valence-corrected chi connectivity index (χ3v) is 5.92. The molecule has 0 aromatic carbocycles. The molecule has 11 heteroatoms. The number of carbonyl (C=O) groups is 1. The maximum absolute atomic E-state index is 10.9. The molecule has 23 heavy (non-hydrogen) atoms. The largest absolute Gasteiger partial charge is 2.00 e. The molecule has 0 aromatic rings. The van der Waals surface area contributed by atoms with Gasteiger partial charge in [0.2, 0.25) is 20.0 Å². The molecule has 1 saturated heterocycles. The second-order valence-electron chi connectivity index (χ2n) is 5.24. The van der Waals surface area contributed by atoms with Crippen LogP contribution in [0.1, 0.15) is 19.3 Å². The quantitative estimate of drug-likeness (QED) is 0.520. The number of nitrogens with zero attached hydrogens (tertiary/aromatic N) is 2. The van der Waals surface area contributed by atoms with Crippen LogP contribution in [0.25, 0.3) is 0 Å². The molecule has 0 amide bonds. The first kappa shape index (κ1) is 22.8. The fourth-order valence-electron chi connectivity index (χ4n) is 2.00. The Balaban J connectivity index is 0.000000403. The Hall–Kier alpha value is -0.204. The van der Waals surface area contributed by atoms with Gasteiger partial charge in [0.05, 0.1) is 12.5 Å². The summed E-state index contributed by atoms with van der Waals surface area (Å²) in [5.74, 6) is 0.190. The van der Waals surface area contributed by atoms with Gasteiger partial charge in [-0.2, -0.15) is 4.31 Å². The fraction of sp³-hybridized carbons (Fsp3) is 0.750. The van der Waals surface area contributed by atoms with Crippen LogP contribution in [0, 0.1) is 0 Å². The summed E-state index contributed by atoms with van der Waals surface area (Å²) in [5, 5.41) is 10.7. The van der Waals surface area contributed by atoms with Gasteiger partial charge in [0.1, 0.15) is 5.78 Å². The van der Waals surface area contributed by atoms with Crippen molar-refractivity contribution in [2.24, 2.45) is 0 Å². The number of sulfonamides is 2. The number of rotatable bonds is 2. The zero-order valence-electron chi connectivity index (χ0n) is 13.4. The summed E-state index contributed by atoms with van der Waals surface area (Å²) < 4.78 is 46.2. The van der Waals surface area contributed by atoms with E-state index < -0.39 is 20.0 Å². The van der Waals surface area contributed by atoms with Crippen LogP contribution in [-0.2, 0) is 24.8 Å². The predicted molar refractivity (Wildman–Crippen MR) is 85.5 cm³/mol. The third kappa shape index (κ3) is 8.45. The Morgan fingerprint density at radius 1 is 0.913 bits per heavy atom. The zero-order chi connectivity index (χ0) is 17.0. The van der Waals surface area contributed by atoms with E-state index >= 15 is 0 Å². The third-order valence-electron chi connectivity index (χ3n) is 3.35. The minimum atomic E-state index is -3.10. The minimum Gasteiger partial charge on any atom is -0.876 e. The van der Waals surface area contributed by atoms with Crippen molar-refractivity contribution >= 4 is 48.9 Å². The van der Waals surface area contributed by atoms with Crippen molar-refractivity contribution in [1.82, 2.24) is 8.61 Å². The number of hydrogen-bond donors (Lipinski definition) is 0. The van der Waals surface area contributed by atoms with Crippen molar-refractivity contribution in [3.05, 3.63) is 11.8 Å². The first-order valence-electron chi connectivity index (χ1n) is 6.78. The molecule has 0 atom stereocenters. The average Bonchev–Trinajstić information content (AvgIpc) is 2.38. The predicted octanol–water partition coefficient (Wildman–Crippen LogP) is -1.87. The van der Waals surface area contributed by atoms with E-state index in [1.807, 2.05) is 0 Å². The van der Waals surface area contributed by atoms with Crippen LogP contribution in [0.4, 0.5) is 0 Å². The summed E-state index contributed by atoms with van der Waals surface area (Å²) in [5.41, 5.74) is 0. The summed E-state index contributed by atoms with van der Waals surface area (Å²) in [6, 6.07) is 0.